The van der Waals surface area contributed by atoms with E-state index < -0.39 is 0 Å². The number of carbonyl (C=O) groups is 1. The summed E-state index contributed by atoms with van der Waals surface area (Å²) in [6.45, 7) is 4.32. The highest BCUT2D eigenvalue weighted by Crippen LogP contribution is 2.45. The number of nitrogens with one attached hydrogen (secondary N) is 2. The summed E-state index contributed by atoms with van der Waals surface area (Å²) >= 11 is 0. The first-order chi connectivity index (χ1) is 13.2. The molecule has 1 saturated carbocycles. The van der Waals surface area contributed by atoms with Crippen molar-refractivity contribution < 1.29 is 4.79 Å². The maximum Gasteiger partial charge on any atom is 0.238 e. The zero-order valence-electron chi connectivity index (χ0n) is 17.6. The number of hydrazine groups is 1. The molecule has 3 nitrogen and oxygen atoms in total. The van der Waals surface area contributed by atoms with E-state index in [1.54, 1.807) is 0 Å². The van der Waals surface area contributed by atoms with Gasteiger partial charge in [-0.25, -0.2) is 0 Å². The molecule has 0 aromatic heterocycles. The van der Waals surface area contributed by atoms with Gasteiger partial charge in [-0.1, -0.05) is 89.3 Å². The number of aryl methyl sites for hydroxylation is 1. The van der Waals surface area contributed by atoms with E-state index in [9.17, 15) is 4.79 Å². The number of hydrogen-bond acceptors (Lipinski definition) is 2. The normalized spacial score (nSPS) is 18.3. The molecule has 0 spiro atoms. The third kappa shape index (κ3) is 9.30. The Hall–Kier alpha value is -1.51. The van der Waals surface area contributed by atoms with E-state index in [4.69, 9.17) is 0 Å². The summed E-state index contributed by atoms with van der Waals surface area (Å²) in [5.74, 6) is 2.19. The number of carbonyl (C=O) groups excluding carboxylic acids is 1. The molecular weight excluding hydrogens is 332 g/mol. The molecule has 1 aromatic rings. The number of anilines is 1. The summed E-state index contributed by atoms with van der Waals surface area (Å²) in [6, 6.07) is 7.98. The van der Waals surface area contributed by atoms with Gasteiger partial charge in [-0.3, -0.25) is 15.6 Å². The molecule has 1 aliphatic rings. The standard InChI is InChI=1S/C24H40N2O/c1-3-4-5-9-15-21-19-22(21)16-10-7-6-8-11-18-24(27)26-25-23-17-13-12-14-20(23)2/h12-14,17,21-22,25H,3-11,15-16,18-19H2,1-2H3,(H,26,27)/t21-,22+/m0/s1. The maximum absolute atomic E-state index is 11.9. The quantitative estimate of drug-likeness (QED) is 0.263. The van der Waals surface area contributed by atoms with Crippen LogP contribution in [0.3, 0.4) is 0 Å². The summed E-state index contributed by atoms with van der Waals surface area (Å²) in [7, 11) is 0. The Morgan fingerprint density at radius 2 is 1.56 bits per heavy atom. The molecule has 0 aliphatic heterocycles. The zero-order chi connectivity index (χ0) is 19.3. The Kier molecular flexibility index (Phi) is 10.3. The number of para-hydroxylation sites is 1. The van der Waals surface area contributed by atoms with Crippen molar-refractivity contribution >= 4 is 11.6 Å². The van der Waals surface area contributed by atoms with Crippen LogP contribution in [0.15, 0.2) is 24.3 Å². The van der Waals surface area contributed by atoms with Crippen LogP contribution in [0.5, 0.6) is 0 Å². The van der Waals surface area contributed by atoms with Crippen molar-refractivity contribution in [3.63, 3.8) is 0 Å². The summed E-state index contributed by atoms with van der Waals surface area (Å²) in [4.78, 5) is 11.9. The van der Waals surface area contributed by atoms with Gasteiger partial charge in [0.15, 0.2) is 0 Å². The van der Waals surface area contributed by atoms with Crippen LogP contribution in [-0.2, 0) is 4.79 Å². The molecule has 0 radical (unpaired) electrons. The zero-order valence-corrected chi connectivity index (χ0v) is 17.6. The van der Waals surface area contributed by atoms with E-state index in [2.05, 4.69) is 17.8 Å². The fourth-order valence-electron chi connectivity index (χ4n) is 3.99. The number of hydrogen-bond donors (Lipinski definition) is 2. The highest BCUT2D eigenvalue weighted by atomic mass is 16.2. The van der Waals surface area contributed by atoms with Gasteiger partial charge in [0.1, 0.15) is 0 Å². The van der Waals surface area contributed by atoms with Crippen molar-refractivity contribution in [2.75, 3.05) is 5.43 Å². The van der Waals surface area contributed by atoms with Crippen LogP contribution in [0, 0.1) is 18.8 Å². The first kappa shape index (κ1) is 21.8. The molecule has 2 atom stereocenters. The lowest BCUT2D eigenvalue weighted by atomic mass is 10.0. The van der Waals surface area contributed by atoms with Gasteiger partial charge < -0.3 is 0 Å². The second kappa shape index (κ2) is 12.8. The van der Waals surface area contributed by atoms with Gasteiger partial charge in [0.2, 0.25) is 5.91 Å². The van der Waals surface area contributed by atoms with Gasteiger partial charge in [-0.05, 0) is 43.2 Å². The minimum atomic E-state index is 0.0853. The highest BCUT2D eigenvalue weighted by molar-refractivity contribution is 5.77. The average Bonchev–Trinajstić information content (AvgIpc) is 3.42. The molecule has 0 heterocycles. The van der Waals surface area contributed by atoms with Gasteiger partial charge in [0.25, 0.3) is 0 Å². The Morgan fingerprint density at radius 3 is 2.26 bits per heavy atom. The molecule has 1 amide bonds. The van der Waals surface area contributed by atoms with Crippen molar-refractivity contribution in [1.29, 1.82) is 0 Å². The summed E-state index contributed by atoms with van der Waals surface area (Å²) in [5.41, 5.74) is 7.93. The third-order valence-corrected chi connectivity index (χ3v) is 5.96. The largest absolute Gasteiger partial charge is 0.298 e. The molecule has 1 aliphatic carbocycles. The van der Waals surface area contributed by atoms with Crippen molar-refractivity contribution in [2.24, 2.45) is 11.8 Å². The van der Waals surface area contributed by atoms with Crippen molar-refractivity contribution in [2.45, 2.75) is 97.3 Å². The van der Waals surface area contributed by atoms with Crippen LogP contribution in [0.4, 0.5) is 5.69 Å². The second-order valence-electron chi connectivity index (χ2n) is 8.40. The van der Waals surface area contributed by atoms with Crippen LogP contribution in [0.1, 0.15) is 96.0 Å². The van der Waals surface area contributed by atoms with Gasteiger partial charge in [0.05, 0.1) is 5.69 Å². The lowest BCUT2D eigenvalue weighted by molar-refractivity contribution is -0.120. The van der Waals surface area contributed by atoms with Gasteiger partial charge in [-0.15, -0.1) is 0 Å². The maximum atomic E-state index is 11.9. The summed E-state index contributed by atoms with van der Waals surface area (Å²) in [6.07, 6.45) is 16.8. The van der Waals surface area contributed by atoms with E-state index in [-0.39, 0.29) is 5.91 Å². The predicted octanol–water partition coefficient (Wildman–Crippen LogP) is 6.78. The van der Waals surface area contributed by atoms with E-state index >= 15 is 0 Å². The SMILES string of the molecule is CCCCCC[C@H]1C[C@H]1CCCCCCCC(=O)NNc1ccccc1C. The monoisotopic (exact) mass is 372 g/mol. The molecule has 2 rings (SSSR count). The summed E-state index contributed by atoms with van der Waals surface area (Å²) < 4.78 is 0. The number of rotatable bonds is 15. The topological polar surface area (TPSA) is 41.1 Å². The Bertz CT molecular complexity index is 543. The Morgan fingerprint density at radius 1 is 0.926 bits per heavy atom. The van der Waals surface area contributed by atoms with Crippen molar-refractivity contribution in [1.82, 2.24) is 5.43 Å². The first-order valence-corrected chi connectivity index (χ1v) is 11.3. The van der Waals surface area contributed by atoms with Crippen LogP contribution in [-0.4, -0.2) is 5.91 Å². The van der Waals surface area contributed by atoms with Gasteiger partial charge >= 0.3 is 0 Å². The van der Waals surface area contributed by atoms with Crippen LogP contribution in [0.2, 0.25) is 0 Å². The molecule has 152 valence electrons. The van der Waals surface area contributed by atoms with Gasteiger partial charge in [-0.2, -0.15) is 0 Å². The van der Waals surface area contributed by atoms with E-state index in [0.29, 0.717) is 6.42 Å². The smallest absolute Gasteiger partial charge is 0.238 e. The molecule has 1 aromatic carbocycles. The molecule has 1 fully saturated rings. The van der Waals surface area contributed by atoms with Crippen LogP contribution < -0.4 is 10.9 Å². The fraction of sp³-hybridized carbons (Fsp3) is 0.708. The first-order valence-electron chi connectivity index (χ1n) is 11.3. The average molecular weight is 373 g/mol. The molecule has 0 unspecified atom stereocenters. The highest BCUT2D eigenvalue weighted by Gasteiger charge is 2.34. The molecule has 0 bridgehead atoms. The number of amides is 1. The Balaban J connectivity index is 1.38. The number of benzene rings is 1. The van der Waals surface area contributed by atoms with Gasteiger partial charge in [0, 0.05) is 6.42 Å². The number of unbranched alkanes of at least 4 members (excludes halogenated alkanes) is 7. The van der Waals surface area contributed by atoms with Crippen LogP contribution >= 0.6 is 0 Å². The molecule has 27 heavy (non-hydrogen) atoms. The summed E-state index contributed by atoms with van der Waals surface area (Å²) in [5, 5.41) is 0. The molecular formula is C24H40N2O. The third-order valence-electron chi connectivity index (χ3n) is 5.96. The minimum Gasteiger partial charge on any atom is -0.298 e. The molecule has 0 saturated heterocycles. The van der Waals surface area contributed by atoms with E-state index in [0.717, 1.165) is 29.5 Å². The lowest BCUT2D eigenvalue weighted by Crippen LogP contribution is -2.29. The van der Waals surface area contributed by atoms with Crippen LogP contribution in [0.25, 0.3) is 0 Å². The minimum absolute atomic E-state index is 0.0853. The van der Waals surface area contributed by atoms with Crippen molar-refractivity contribution in [3.05, 3.63) is 29.8 Å². The lowest BCUT2D eigenvalue weighted by Gasteiger charge is -2.10. The van der Waals surface area contributed by atoms with Crippen molar-refractivity contribution in [3.8, 4) is 0 Å². The Labute approximate surface area is 166 Å². The second-order valence-corrected chi connectivity index (χ2v) is 8.40. The predicted molar refractivity (Wildman–Crippen MR) is 116 cm³/mol. The van der Waals surface area contributed by atoms with E-state index in [1.165, 1.54) is 70.6 Å². The molecule has 3 heteroatoms. The molecule has 2 N–H and O–H groups in total. The fourth-order valence-corrected chi connectivity index (χ4v) is 3.99. The van der Waals surface area contributed by atoms with E-state index in [1.807, 2.05) is 31.2 Å².